The summed E-state index contributed by atoms with van der Waals surface area (Å²) < 4.78 is 37.5. The van der Waals surface area contributed by atoms with Crippen LogP contribution in [-0.2, 0) is 10.0 Å². The number of benzene rings is 3. The van der Waals surface area contributed by atoms with Crippen molar-refractivity contribution < 1.29 is 22.7 Å². The Morgan fingerprint density at radius 1 is 0.833 bits per heavy atom. The topological polar surface area (TPSA) is 72.9 Å². The molecule has 0 bridgehead atoms. The minimum absolute atomic E-state index is 0.0464. The number of esters is 1. The number of carbonyl (C=O) groups excluding carboxylic acids is 1. The fourth-order valence-corrected chi connectivity index (χ4v) is 3.94. The smallest absolute Gasteiger partial charge is 0.343 e. The molecule has 6 nitrogen and oxygen atoms in total. The van der Waals surface area contributed by atoms with Gasteiger partial charge in [-0.15, -0.1) is 0 Å². The Hall–Kier alpha value is -3.32. The standard InChI is InChI=1S/C23H23NO5S/c1-17(2)28-20-13-9-18(10-14-20)23(25)29-21-15-11-19(12-16-21)24(3)30(26,27)22-7-5-4-6-8-22/h4-17H,1-3H3. The van der Waals surface area contributed by atoms with E-state index >= 15 is 0 Å². The van der Waals surface area contributed by atoms with Crippen LogP contribution < -0.4 is 13.8 Å². The SMILES string of the molecule is CC(C)Oc1ccc(C(=O)Oc2ccc(N(C)S(=O)(=O)c3ccccc3)cc2)cc1. The molecule has 0 N–H and O–H groups in total. The van der Waals surface area contributed by atoms with Crippen molar-refractivity contribution in [3.63, 3.8) is 0 Å². The molecule has 0 aromatic heterocycles. The number of nitrogens with zero attached hydrogens (tertiary/aromatic N) is 1. The Kier molecular flexibility index (Phi) is 6.42. The molecule has 0 spiro atoms. The summed E-state index contributed by atoms with van der Waals surface area (Å²) in [7, 11) is -2.19. The maximum atomic E-state index is 12.7. The van der Waals surface area contributed by atoms with Crippen molar-refractivity contribution in [1.29, 1.82) is 0 Å². The number of carbonyl (C=O) groups is 1. The number of hydrogen-bond acceptors (Lipinski definition) is 5. The maximum absolute atomic E-state index is 12.7. The van der Waals surface area contributed by atoms with Crippen LogP contribution in [0.2, 0.25) is 0 Å². The van der Waals surface area contributed by atoms with Crippen molar-refractivity contribution >= 4 is 21.7 Å². The first-order valence-electron chi connectivity index (χ1n) is 9.40. The predicted octanol–water partition coefficient (Wildman–Crippen LogP) is 4.52. The maximum Gasteiger partial charge on any atom is 0.343 e. The minimum atomic E-state index is -3.67. The zero-order chi connectivity index (χ0) is 21.7. The van der Waals surface area contributed by atoms with Gasteiger partial charge in [-0.2, -0.15) is 0 Å². The van der Waals surface area contributed by atoms with Gasteiger partial charge in [0.15, 0.2) is 0 Å². The Labute approximate surface area is 176 Å². The minimum Gasteiger partial charge on any atom is -0.491 e. The van der Waals surface area contributed by atoms with Crippen LogP contribution in [-0.4, -0.2) is 27.5 Å². The van der Waals surface area contributed by atoms with E-state index in [9.17, 15) is 13.2 Å². The van der Waals surface area contributed by atoms with Gasteiger partial charge in [0.2, 0.25) is 0 Å². The molecule has 3 aromatic carbocycles. The number of sulfonamides is 1. The fourth-order valence-electron chi connectivity index (χ4n) is 2.72. The Morgan fingerprint density at radius 2 is 1.40 bits per heavy atom. The predicted molar refractivity (Wildman–Crippen MR) is 116 cm³/mol. The lowest BCUT2D eigenvalue weighted by atomic mass is 10.2. The van der Waals surface area contributed by atoms with Crippen LogP contribution in [0, 0.1) is 0 Å². The van der Waals surface area contributed by atoms with E-state index in [1.54, 1.807) is 78.9 Å². The van der Waals surface area contributed by atoms with E-state index in [1.807, 2.05) is 13.8 Å². The molecule has 30 heavy (non-hydrogen) atoms. The van der Waals surface area contributed by atoms with Crippen LogP contribution >= 0.6 is 0 Å². The fraction of sp³-hybridized carbons (Fsp3) is 0.174. The molecule has 0 radical (unpaired) electrons. The average Bonchev–Trinajstić information content (AvgIpc) is 2.74. The lowest BCUT2D eigenvalue weighted by Gasteiger charge is -2.19. The van der Waals surface area contributed by atoms with Crippen LogP contribution in [0.1, 0.15) is 24.2 Å². The van der Waals surface area contributed by atoms with E-state index in [1.165, 1.54) is 11.4 Å². The molecule has 0 unspecified atom stereocenters. The van der Waals surface area contributed by atoms with Crippen molar-refractivity contribution in [3.05, 3.63) is 84.4 Å². The summed E-state index contributed by atoms with van der Waals surface area (Å²) in [4.78, 5) is 12.5. The van der Waals surface area contributed by atoms with Crippen molar-refractivity contribution in [1.82, 2.24) is 0 Å². The molecule has 0 aliphatic carbocycles. The van der Waals surface area contributed by atoms with Gasteiger partial charge in [-0.3, -0.25) is 4.31 Å². The van der Waals surface area contributed by atoms with Gasteiger partial charge < -0.3 is 9.47 Å². The second-order valence-corrected chi connectivity index (χ2v) is 8.83. The van der Waals surface area contributed by atoms with E-state index in [4.69, 9.17) is 9.47 Å². The van der Waals surface area contributed by atoms with Crippen molar-refractivity contribution in [2.45, 2.75) is 24.8 Å². The summed E-state index contributed by atoms with van der Waals surface area (Å²) in [6, 6.07) is 21.2. The largest absolute Gasteiger partial charge is 0.491 e. The zero-order valence-corrected chi connectivity index (χ0v) is 17.8. The molecule has 7 heteroatoms. The molecule has 0 atom stereocenters. The first-order valence-corrected chi connectivity index (χ1v) is 10.8. The van der Waals surface area contributed by atoms with Crippen LogP contribution in [0.4, 0.5) is 5.69 Å². The third-order valence-corrected chi connectivity index (χ3v) is 6.07. The van der Waals surface area contributed by atoms with E-state index in [2.05, 4.69) is 0 Å². The molecular formula is C23H23NO5S. The molecule has 0 aliphatic rings. The number of ether oxygens (including phenoxy) is 2. The quantitative estimate of drug-likeness (QED) is 0.411. The highest BCUT2D eigenvalue weighted by molar-refractivity contribution is 7.92. The average molecular weight is 426 g/mol. The van der Waals surface area contributed by atoms with Crippen LogP contribution in [0.3, 0.4) is 0 Å². The van der Waals surface area contributed by atoms with Gasteiger partial charge in [0, 0.05) is 7.05 Å². The van der Waals surface area contributed by atoms with Gasteiger partial charge in [0.05, 0.1) is 22.3 Å². The summed E-state index contributed by atoms with van der Waals surface area (Å²) in [5.74, 6) is 0.481. The molecule has 3 aromatic rings. The summed E-state index contributed by atoms with van der Waals surface area (Å²) in [6.07, 6.45) is 0.0464. The monoisotopic (exact) mass is 425 g/mol. The first kappa shape index (κ1) is 21.4. The zero-order valence-electron chi connectivity index (χ0n) is 17.0. The van der Waals surface area contributed by atoms with Crippen molar-refractivity contribution in [2.75, 3.05) is 11.4 Å². The van der Waals surface area contributed by atoms with Gasteiger partial charge in [-0.25, -0.2) is 13.2 Å². The lowest BCUT2D eigenvalue weighted by molar-refractivity contribution is 0.0734. The highest BCUT2D eigenvalue weighted by Gasteiger charge is 2.21. The third-order valence-electron chi connectivity index (χ3n) is 4.27. The number of hydrogen-bond donors (Lipinski definition) is 0. The number of rotatable bonds is 7. The molecule has 0 amide bonds. The Bertz CT molecular complexity index is 1090. The van der Waals surface area contributed by atoms with Crippen LogP contribution in [0.15, 0.2) is 83.8 Å². The third kappa shape index (κ3) is 4.99. The van der Waals surface area contributed by atoms with E-state index in [0.29, 0.717) is 22.7 Å². The van der Waals surface area contributed by atoms with E-state index in [-0.39, 0.29) is 11.0 Å². The lowest BCUT2D eigenvalue weighted by Crippen LogP contribution is -2.26. The van der Waals surface area contributed by atoms with Gasteiger partial charge in [-0.05, 0) is 74.5 Å². The second-order valence-electron chi connectivity index (χ2n) is 6.86. The van der Waals surface area contributed by atoms with Crippen molar-refractivity contribution in [3.8, 4) is 11.5 Å². The van der Waals surface area contributed by atoms with Crippen LogP contribution in [0.25, 0.3) is 0 Å². The molecule has 3 rings (SSSR count). The van der Waals surface area contributed by atoms with Gasteiger partial charge in [-0.1, -0.05) is 18.2 Å². The first-order chi connectivity index (χ1) is 14.3. The molecule has 0 fully saturated rings. The highest BCUT2D eigenvalue weighted by atomic mass is 32.2. The number of anilines is 1. The molecule has 0 saturated carbocycles. The molecule has 0 aliphatic heterocycles. The van der Waals surface area contributed by atoms with Gasteiger partial charge >= 0.3 is 5.97 Å². The highest BCUT2D eigenvalue weighted by Crippen LogP contribution is 2.25. The summed E-state index contributed by atoms with van der Waals surface area (Å²) >= 11 is 0. The normalized spacial score (nSPS) is 11.2. The van der Waals surface area contributed by atoms with Gasteiger partial charge in [0.25, 0.3) is 10.0 Å². The molecule has 0 heterocycles. The summed E-state index contributed by atoms with van der Waals surface area (Å²) in [5.41, 5.74) is 0.841. The van der Waals surface area contributed by atoms with E-state index < -0.39 is 16.0 Å². The van der Waals surface area contributed by atoms with Gasteiger partial charge in [0.1, 0.15) is 11.5 Å². The molecular weight excluding hydrogens is 402 g/mol. The Balaban J connectivity index is 1.69. The second kappa shape index (κ2) is 9.00. The summed E-state index contributed by atoms with van der Waals surface area (Å²) in [6.45, 7) is 3.85. The van der Waals surface area contributed by atoms with E-state index in [0.717, 1.165) is 0 Å². The molecule has 156 valence electrons. The molecule has 0 saturated heterocycles. The van der Waals surface area contributed by atoms with Crippen LogP contribution in [0.5, 0.6) is 11.5 Å². The summed E-state index contributed by atoms with van der Waals surface area (Å²) in [5, 5.41) is 0. The van der Waals surface area contributed by atoms with Crippen molar-refractivity contribution in [2.24, 2.45) is 0 Å². The Morgan fingerprint density at radius 3 is 1.97 bits per heavy atom.